The molecule has 0 amide bonds. The van der Waals surface area contributed by atoms with Crippen LogP contribution in [-0.4, -0.2) is 25.9 Å². The Hall–Kier alpha value is -1.33. The topological polar surface area (TPSA) is 47.7 Å². The van der Waals surface area contributed by atoms with Gasteiger partial charge >= 0.3 is 0 Å². The van der Waals surface area contributed by atoms with Crippen LogP contribution in [0, 0.1) is 6.92 Å². The molecule has 2 aromatic heterocycles. The van der Waals surface area contributed by atoms with Crippen LogP contribution in [0.4, 0.5) is 0 Å². The molecule has 0 aliphatic heterocycles. The van der Waals surface area contributed by atoms with Crippen molar-refractivity contribution >= 4 is 11.6 Å². The number of aromatic nitrogens is 4. The Morgan fingerprint density at radius 2 is 2.10 bits per heavy atom. The fourth-order valence-corrected chi connectivity index (χ4v) is 2.62. The lowest BCUT2D eigenvalue weighted by Crippen LogP contribution is -2.17. The second kappa shape index (κ2) is 6.41. The van der Waals surface area contributed by atoms with Crippen LogP contribution in [0.25, 0.3) is 0 Å². The van der Waals surface area contributed by atoms with E-state index < -0.39 is 0 Å². The maximum absolute atomic E-state index is 6.42. The molecule has 0 saturated carbocycles. The third-order valence-corrected chi connectivity index (χ3v) is 3.94. The van der Waals surface area contributed by atoms with Crippen molar-refractivity contribution in [3.05, 3.63) is 34.1 Å². The first-order valence-corrected chi connectivity index (χ1v) is 7.38. The van der Waals surface area contributed by atoms with Crippen molar-refractivity contribution in [3.8, 4) is 0 Å². The molecule has 2 heterocycles. The van der Waals surface area contributed by atoms with Crippen LogP contribution in [0.15, 0.2) is 6.20 Å². The molecule has 5 nitrogen and oxygen atoms in total. The summed E-state index contributed by atoms with van der Waals surface area (Å²) in [6.07, 6.45) is 2.77. The number of nitrogens with one attached hydrogen (secondary N) is 1. The average Bonchev–Trinajstić information content (AvgIpc) is 2.91. The number of halogens is 1. The van der Waals surface area contributed by atoms with Crippen molar-refractivity contribution in [2.75, 3.05) is 6.54 Å². The summed E-state index contributed by atoms with van der Waals surface area (Å²) in [5.74, 6) is 0.994. The predicted molar refractivity (Wildman–Crippen MR) is 81.0 cm³/mol. The summed E-state index contributed by atoms with van der Waals surface area (Å²) in [6, 6.07) is 0. The molecular weight excluding hydrogens is 274 g/mol. The zero-order valence-corrected chi connectivity index (χ0v) is 13.3. The Morgan fingerprint density at radius 3 is 2.70 bits per heavy atom. The molecule has 0 spiro atoms. The molecule has 110 valence electrons. The van der Waals surface area contributed by atoms with Crippen LogP contribution >= 0.6 is 11.6 Å². The first-order chi connectivity index (χ1) is 9.58. The summed E-state index contributed by atoms with van der Waals surface area (Å²) < 4.78 is 4.06. The van der Waals surface area contributed by atoms with E-state index in [1.165, 1.54) is 5.69 Å². The molecule has 0 unspecified atom stereocenters. The molecule has 0 bridgehead atoms. The summed E-state index contributed by atoms with van der Waals surface area (Å²) in [4.78, 5) is 4.40. The number of nitrogens with zero attached hydrogens (tertiary/aromatic N) is 4. The smallest absolute Gasteiger partial charge is 0.106 e. The van der Waals surface area contributed by atoms with Crippen LogP contribution in [0.3, 0.4) is 0 Å². The first-order valence-electron chi connectivity index (χ1n) is 7.00. The van der Waals surface area contributed by atoms with Gasteiger partial charge in [-0.1, -0.05) is 25.4 Å². The van der Waals surface area contributed by atoms with Gasteiger partial charge in [-0.3, -0.25) is 4.68 Å². The van der Waals surface area contributed by atoms with Crippen molar-refractivity contribution in [1.29, 1.82) is 0 Å². The van der Waals surface area contributed by atoms with Gasteiger partial charge in [-0.25, -0.2) is 4.98 Å². The summed E-state index contributed by atoms with van der Waals surface area (Å²) in [6.45, 7) is 8.63. The van der Waals surface area contributed by atoms with Gasteiger partial charge in [0.05, 0.1) is 28.6 Å². The van der Waals surface area contributed by atoms with Crippen molar-refractivity contribution in [3.63, 3.8) is 0 Å². The van der Waals surface area contributed by atoms with Crippen LogP contribution in [0.5, 0.6) is 0 Å². The first kappa shape index (κ1) is 15.1. The van der Waals surface area contributed by atoms with Crippen molar-refractivity contribution < 1.29 is 0 Å². The molecule has 6 heteroatoms. The summed E-state index contributed by atoms with van der Waals surface area (Å²) in [5.41, 5.74) is 3.15. The molecule has 1 N–H and O–H groups in total. The Morgan fingerprint density at radius 1 is 1.35 bits per heavy atom. The largest absolute Gasteiger partial charge is 0.325 e. The lowest BCUT2D eigenvalue weighted by molar-refractivity contribution is 0.611. The molecule has 0 saturated heterocycles. The van der Waals surface area contributed by atoms with E-state index in [0.29, 0.717) is 6.54 Å². The minimum atomic E-state index is 0.703. The van der Waals surface area contributed by atoms with Gasteiger partial charge in [0, 0.05) is 19.8 Å². The summed E-state index contributed by atoms with van der Waals surface area (Å²) >= 11 is 6.42. The van der Waals surface area contributed by atoms with Gasteiger partial charge in [-0.2, -0.15) is 5.10 Å². The van der Waals surface area contributed by atoms with Gasteiger partial charge in [0.25, 0.3) is 0 Å². The molecular formula is C14H22ClN5. The Labute approximate surface area is 125 Å². The standard InChI is InChI=1S/C14H22ClN5/c1-5-12-14(15)13(19(4)18-12)9-20-10(3)17-8-11(20)7-16-6-2/h8,16H,5-7,9H2,1-4H3. The highest BCUT2D eigenvalue weighted by molar-refractivity contribution is 6.31. The van der Waals surface area contributed by atoms with Gasteiger partial charge in [0.2, 0.25) is 0 Å². The van der Waals surface area contributed by atoms with Crippen LogP contribution in [-0.2, 0) is 26.6 Å². The van der Waals surface area contributed by atoms with Gasteiger partial charge in [0.15, 0.2) is 0 Å². The molecule has 0 fully saturated rings. The van der Waals surface area contributed by atoms with Crippen LogP contribution in [0.2, 0.25) is 5.02 Å². The quantitative estimate of drug-likeness (QED) is 0.889. The van der Waals surface area contributed by atoms with Crippen molar-refractivity contribution in [2.24, 2.45) is 7.05 Å². The van der Waals surface area contributed by atoms with E-state index in [-0.39, 0.29) is 0 Å². The van der Waals surface area contributed by atoms with E-state index in [4.69, 9.17) is 11.6 Å². The van der Waals surface area contributed by atoms with E-state index in [2.05, 4.69) is 33.8 Å². The van der Waals surface area contributed by atoms with Gasteiger partial charge in [-0.05, 0) is 19.9 Å². The second-order valence-corrected chi connectivity index (χ2v) is 5.23. The lowest BCUT2D eigenvalue weighted by Gasteiger charge is -2.11. The van der Waals surface area contributed by atoms with Gasteiger partial charge in [0.1, 0.15) is 5.82 Å². The van der Waals surface area contributed by atoms with Crippen molar-refractivity contribution in [1.82, 2.24) is 24.6 Å². The zero-order valence-electron chi connectivity index (χ0n) is 12.6. The fraction of sp³-hybridized carbons (Fsp3) is 0.571. The van der Waals surface area contributed by atoms with E-state index in [1.807, 2.05) is 24.9 Å². The molecule has 2 aromatic rings. The maximum atomic E-state index is 6.42. The summed E-state index contributed by atoms with van der Waals surface area (Å²) in [7, 11) is 1.94. The number of aryl methyl sites for hydroxylation is 3. The molecule has 0 aliphatic carbocycles. The van der Waals surface area contributed by atoms with Gasteiger partial charge in [-0.15, -0.1) is 0 Å². The summed E-state index contributed by atoms with van der Waals surface area (Å²) in [5, 5.41) is 8.57. The molecule has 0 aromatic carbocycles. The van der Waals surface area contributed by atoms with E-state index in [1.54, 1.807) is 0 Å². The molecule has 2 rings (SSSR count). The SMILES string of the molecule is CCNCc1cnc(C)n1Cc1c(Cl)c(CC)nn1C. The minimum absolute atomic E-state index is 0.703. The molecule has 20 heavy (non-hydrogen) atoms. The van der Waals surface area contributed by atoms with E-state index in [9.17, 15) is 0 Å². The zero-order chi connectivity index (χ0) is 14.7. The highest BCUT2D eigenvalue weighted by Gasteiger charge is 2.15. The van der Waals surface area contributed by atoms with E-state index in [0.717, 1.165) is 41.7 Å². The van der Waals surface area contributed by atoms with E-state index >= 15 is 0 Å². The normalized spacial score (nSPS) is 11.2. The van der Waals surface area contributed by atoms with Crippen molar-refractivity contribution in [2.45, 2.75) is 40.3 Å². The maximum Gasteiger partial charge on any atom is 0.106 e. The third-order valence-electron chi connectivity index (χ3n) is 3.50. The fourth-order valence-electron chi connectivity index (χ4n) is 2.27. The van der Waals surface area contributed by atoms with Gasteiger partial charge < -0.3 is 9.88 Å². The molecule has 0 aliphatic rings. The minimum Gasteiger partial charge on any atom is -0.325 e. The number of imidazole rings is 1. The van der Waals surface area contributed by atoms with Crippen LogP contribution in [0.1, 0.15) is 36.8 Å². The number of hydrogen-bond acceptors (Lipinski definition) is 3. The Kier molecular flexibility index (Phi) is 4.83. The highest BCUT2D eigenvalue weighted by atomic mass is 35.5. The molecule has 0 radical (unpaired) electrons. The number of rotatable bonds is 6. The lowest BCUT2D eigenvalue weighted by atomic mass is 10.3. The highest BCUT2D eigenvalue weighted by Crippen LogP contribution is 2.22. The monoisotopic (exact) mass is 295 g/mol. The molecule has 0 atom stereocenters. The number of hydrogen-bond donors (Lipinski definition) is 1. The van der Waals surface area contributed by atoms with Crippen LogP contribution < -0.4 is 5.32 Å². The predicted octanol–water partition coefficient (Wildman–Crippen LogP) is 2.30. The second-order valence-electron chi connectivity index (χ2n) is 4.85. The third kappa shape index (κ3) is 2.88. The Bertz CT molecular complexity index is 585. The Balaban J connectivity index is 2.30. The average molecular weight is 296 g/mol.